The summed E-state index contributed by atoms with van der Waals surface area (Å²) in [6.45, 7) is 14.2. The first-order valence-corrected chi connectivity index (χ1v) is 27.5. The summed E-state index contributed by atoms with van der Waals surface area (Å²) >= 11 is 1.46. The van der Waals surface area contributed by atoms with E-state index >= 15 is 0 Å². The first kappa shape index (κ1) is 52.1. The van der Waals surface area contributed by atoms with E-state index < -0.39 is 65.1 Å². The fraction of sp³-hybridized carbons (Fsp3) is 0.571. The molecule has 3 aromatic rings. The number of thioether (sulfide) groups is 1. The summed E-state index contributed by atoms with van der Waals surface area (Å²) in [6, 6.07) is 17.7. The molecule has 2 saturated heterocycles. The van der Waals surface area contributed by atoms with Gasteiger partial charge in [-0.25, -0.2) is 30.3 Å². The molecule has 2 N–H and O–H groups in total. The highest BCUT2D eigenvalue weighted by Gasteiger charge is 2.49. The van der Waals surface area contributed by atoms with E-state index in [2.05, 4.69) is 38.8 Å². The number of piperazine rings is 2. The molecule has 1 saturated carbocycles. The van der Waals surface area contributed by atoms with E-state index in [1.807, 2.05) is 49.0 Å². The molecule has 4 atom stereocenters. The van der Waals surface area contributed by atoms with E-state index in [0.29, 0.717) is 44.3 Å². The molecular weight excluding hydrogens is 944 g/mol. The second-order valence-electron chi connectivity index (χ2n) is 19.6. The molecule has 4 unspecified atom stereocenters. The van der Waals surface area contributed by atoms with Crippen LogP contribution in [-0.2, 0) is 19.9 Å². The molecule has 0 spiro atoms. The van der Waals surface area contributed by atoms with E-state index in [9.17, 15) is 43.6 Å². The number of rotatable bonds is 18. The Bertz CT molecular complexity index is 2460. The number of nitrogens with one attached hydrogen (secondary N) is 2. The van der Waals surface area contributed by atoms with Crippen LogP contribution in [0.5, 0.6) is 0 Å². The third kappa shape index (κ3) is 12.6. The van der Waals surface area contributed by atoms with Gasteiger partial charge in [-0.3, -0.25) is 9.69 Å². The number of likely N-dealkylation sites (N-methyl/N-ethyl adjacent to an activating group) is 1. The number of alkyl halides is 5. The van der Waals surface area contributed by atoms with Gasteiger partial charge in [0.15, 0.2) is 0 Å². The number of hydrogen-bond donors (Lipinski definition) is 2. The quantitative estimate of drug-likeness (QED) is 0.0723. The summed E-state index contributed by atoms with van der Waals surface area (Å²) < 4.78 is 126. The number of anilines is 2. The van der Waals surface area contributed by atoms with Gasteiger partial charge in [0.05, 0.1) is 10.6 Å². The topological polar surface area (TPSA) is 122 Å². The Balaban J connectivity index is 1.01. The van der Waals surface area contributed by atoms with Crippen LogP contribution in [-0.4, -0.2) is 134 Å². The van der Waals surface area contributed by atoms with Gasteiger partial charge in [0.2, 0.25) is 6.43 Å². The van der Waals surface area contributed by atoms with Gasteiger partial charge < -0.3 is 20.0 Å². The number of carbonyl (C=O) groups is 1. The molecule has 3 aromatic carbocycles. The van der Waals surface area contributed by atoms with E-state index in [-0.39, 0.29) is 22.8 Å². The molecule has 2 aliphatic carbocycles. The van der Waals surface area contributed by atoms with E-state index in [0.717, 1.165) is 94.2 Å². The molecular formula is C49H65F5N6O5S3. The van der Waals surface area contributed by atoms with Crippen LogP contribution in [0.15, 0.2) is 98.6 Å². The summed E-state index contributed by atoms with van der Waals surface area (Å²) in [7, 11) is -8.89. The van der Waals surface area contributed by atoms with Gasteiger partial charge in [-0.15, -0.1) is 11.8 Å². The Morgan fingerprint density at radius 3 is 2.18 bits per heavy atom. The largest absolute Gasteiger partial charge is 0.501 e. The van der Waals surface area contributed by atoms with Crippen LogP contribution in [0.3, 0.4) is 0 Å². The molecule has 4 aliphatic rings. The summed E-state index contributed by atoms with van der Waals surface area (Å²) in [4.78, 5) is 21.2. The molecule has 2 aliphatic heterocycles. The fourth-order valence-corrected chi connectivity index (χ4v) is 13.2. The average molecular weight is 1010 g/mol. The van der Waals surface area contributed by atoms with Crippen molar-refractivity contribution in [1.82, 2.24) is 19.4 Å². The highest BCUT2D eigenvalue weighted by Crippen LogP contribution is 2.54. The average Bonchev–Trinajstić information content (AvgIpc) is 3.28. The lowest BCUT2D eigenvalue weighted by Crippen LogP contribution is -2.48. The molecule has 0 aromatic heterocycles. The van der Waals surface area contributed by atoms with Crippen molar-refractivity contribution >= 4 is 48.9 Å². The number of amides is 1. The van der Waals surface area contributed by atoms with Crippen LogP contribution < -0.4 is 14.9 Å². The summed E-state index contributed by atoms with van der Waals surface area (Å²) in [5.74, 6) is -0.937. The van der Waals surface area contributed by atoms with Gasteiger partial charge >= 0.3 is 5.51 Å². The van der Waals surface area contributed by atoms with Crippen molar-refractivity contribution in [2.24, 2.45) is 23.2 Å². The third-order valence-corrected chi connectivity index (χ3v) is 18.4. The monoisotopic (exact) mass is 1010 g/mol. The normalized spacial score (nSPS) is 22.8. The maximum absolute atomic E-state index is 14.2. The van der Waals surface area contributed by atoms with Crippen molar-refractivity contribution in [2.75, 3.05) is 88.5 Å². The maximum atomic E-state index is 14.2. The Hall–Kier alpha value is -3.75. The lowest BCUT2D eigenvalue weighted by Gasteiger charge is -2.49. The zero-order valence-electron chi connectivity index (χ0n) is 39.3. The number of benzene rings is 3. The number of allylic oxidation sites excluding steroid dienone is 1. The summed E-state index contributed by atoms with van der Waals surface area (Å²) in [5.41, 5.74) is -2.41. The molecule has 7 rings (SSSR count). The highest BCUT2D eigenvalue weighted by molar-refractivity contribution is 7.99. The van der Waals surface area contributed by atoms with Crippen molar-refractivity contribution in [2.45, 2.75) is 92.0 Å². The second kappa shape index (κ2) is 21.7. The van der Waals surface area contributed by atoms with Gasteiger partial charge in [0.25, 0.3) is 25.8 Å². The summed E-state index contributed by atoms with van der Waals surface area (Å²) in [5, 5.41) is 3.01. The van der Waals surface area contributed by atoms with Gasteiger partial charge in [-0.05, 0) is 111 Å². The third-order valence-electron chi connectivity index (χ3n) is 14.4. The van der Waals surface area contributed by atoms with Gasteiger partial charge in [0.1, 0.15) is 4.90 Å². The smallest absolute Gasteiger partial charge is 0.380 e. The SMILES string of the molecule is CCC1C(C2=C(CN3CCN(c4ccc(C(=O)NS(=O)(=O)c5ccc(NC(CCN6CCN(C)CC6)CSc6ccccc6)c(S(=O)(=O)C(F)(F)F)c5)cc4)CC3)CCC(C)(C)C2)CC1C(F)F. The number of sulfonamides is 1. The minimum Gasteiger partial charge on any atom is -0.380 e. The van der Waals surface area contributed by atoms with Gasteiger partial charge in [0, 0.05) is 99.3 Å². The maximum Gasteiger partial charge on any atom is 0.501 e. The predicted molar refractivity (Wildman–Crippen MR) is 259 cm³/mol. The van der Waals surface area contributed by atoms with Crippen molar-refractivity contribution < 1.29 is 43.6 Å². The number of halogens is 5. The van der Waals surface area contributed by atoms with Crippen molar-refractivity contribution in [3.63, 3.8) is 0 Å². The van der Waals surface area contributed by atoms with Crippen LogP contribution in [0.1, 0.15) is 69.7 Å². The van der Waals surface area contributed by atoms with Crippen LogP contribution in [0.4, 0.5) is 33.3 Å². The first-order valence-electron chi connectivity index (χ1n) is 23.6. The molecule has 68 heavy (non-hydrogen) atoms. The van der Waals surface area contributed by atoms with Gasteiger partial charge in [-0.2, -0.15) is 13.2 Å². The first-order chi connectivity index (χ1) is 32.1. The molecule has 11 nitrogen and oxygen atoms in total. The number of nitrogens with zero attached hydrogens (tertiary/aromatic N) is 4. The van der Waals surface area contributed by atoms with Crippen LogP contribution >= 0.6 is 11.8 Å². The zero-order chi connectivity index (χ0) is 49.0. The molecule has 0 radical (unpaired) electrons. The van der Waals surface area contributed by atoms with Crippen molar-refractivity contribution in [3.05, 3.63) is 89.5 Å². The van der Waals surface area contributed by atoms with Crippen LogP contribution in [0.25, 0.3) is 0 Å². The van der Waals surface area contributed by atoms with E-state index in [4.69, 9.17) is 0 Å². The molecule has 1 amide bonds. The fourth-order valence-electron chi connectivity index (χ4n) is 10.1. The minimum atomic E-state index is -6.06. The van der Waals surface area contributed by atoms with E-state index in [1.54, 1.807) is 12.1 Å². The Morgan fingerprint density at radius 1 is 0.882 bits per heavy atom. The number of carbonyl (C=O) groups excluding carboxylic acids is 1. The Labute approximate surface area is 403 Å². The Kier molecular flexibility index (Phi) is 16.6. The molecule has 3 fully saturated rings. The number of hydrogen-bond acceptors (Lipinski definition) is 11. The molecule has 0 bridgehead atoms. The highest BCUT2D eigenvalue weighted by atomic mass is 32.2. The second-order valence-corrected chi connectivity index (χ2v) is 24.3. The molecule has 19 heteroatoms. The molecule has 2 heterocycles. The summed E-state index contributed by atoms with van der Waals surface area (Å²) in [6.07, 6.45) is 2.47. The Morgan fingerprint density at radius 2 is 1.54 bits per heavy atom. The van der Waals surface area contributed by atoms with Gasteiger partial charge in [-0.1, -0.05) is 56.5 Å². The zero-order valence-corrected chi connectivity index (χ0v) is 41.7. The van der Waals surface area contributed by atoms with Crippen molar-refractivity contribution in [3.8, 4) is 0 Å². The lowest BCUT2D eigenvalue weighted by atomic mass is 9.57. The molecule has 374 valence electrons. The minimum absolute atomic E-state index is 0.0216. The lowest BCUT2D eigenvalue weighted by molar-refractivity contribution is -0.0469. The van der Waals surface area contributed by atoms with Crippen molar-refractivity contribution in [1.29, 1.82) is 0 Å². The van der Waals surface area contributed by atoms with E-state index in [1.165, 1.54) is 35.0 Å². The van der Waals surface area contributed by atoms with Crippen LogP contribution in [0, 0.1) is 23.2 Å². The standard InChI is InChI=1S/C49H65F5N6O5S3/c1-5-40-41(30-42(40)46(50)51)43-31-48(2,3)19-17-35(43)32-59-25-27-60(28-26-59)37-13-11-34(12-14-37)47(61)56-68(64,65)39-15-16-44(45(29-39)67(62,63)49(52,53)54)55-36(33-66-38-9-7-6-8-10-38)18-20-58-23-21-57(4)22-24-58/h6-16,29,36,40-42,46,55H,5,17-28,30-33H2,1-4H3,(H,56,61). The predicted octanol–water partition coefficient (Wildman–Crippen LogP) is 8.87. The van der Waals surface area contributed by atoms with Crippen LogP contribution in [0.2, 0.25) is 0 Å². The number of sulfone groups is 1.